The molecule has 0 fully saturated rings. The molecule has 0 radical (unpaired) electrons. The third-order valence-electron chi connectivity index (χ3n) is 2.25. The quantitative estimate of drug-likeness (QED) is 0.803. The van der Waals surface area contributed by atoms with Crippen LogP contribution in [0.5, 0.6) is 0 Å². The van der Waals surface area contributed by atoms with Crippen LogP contribution in [-0.4, -0.2) is 12.3 Å². The van der Waals surface area contributed by atoms with Crippen LogP contribution in [-0.2, 0) is 0 Å². The maximum Gasteiger partial charge on any atom is 0.176 e. The Kier molecular flexibility index (Phi) is 2.94. The van der Waals surface area contributed by atoms with E-state index in [0.29, 0.717) is 5.56 Å². The lowest BCUT2D eigenvalue weighted by Gasteiger charge is -2.00. The summed E-state index contributed by atoms with van der Waals surface area (Å²) in [5.41, 5.74) is 8.28. The van der Waals surface area contributed by atoms with Gasteiger partial charge in [0.1, 0.15) is 0 Å². The highest BCUT2D eigenvalue weighted by Gasteiger charge is 2.03. The second kappa shape index (κ2) is 4.38. The Balaban J connectivity index is 2.29. The minimum Gasteiger partial charge on any atom is -0.324 e. The molecule has 0 saturated heterocycles. The van der Waals surface area contributed by atoms with E-state index >= 15 is 0 Å². The molecule has 3 heteroatoms. The summed E-state index contributed by atoms with van der Waals surface area (Å²) in [4.78, 5) is 11.3. The fourth-order valence-corrected chi connectivity index (χ4v) is 2.06. The zero-order valence-electron chi connectivity index (χ0n) is 8.14. The zero-order chi connectivity index (χ0) is 10.7. The van der Waals surface area contributed by atoms with E-state index in [1.807, 2.05) is 29.6 Å². The summed E-state index contributed by atoms with van der Waals surface area (Å²) >= 11 is 1.66. The summed E-state index contributed by atoms with van der Waals surface area (Å²) in [6.45, 7) is 0.0673. The predicted molar refractivity (Wildman–Crippen MR) is 63.1 cm³/mol. The molecule has 0 saturated carbocycles. The highest BCUT2D eigenvalue weighted by Crippen LogP contribution is 2.22. The van der Waals surface area contributed by atoms with Crippen molar-refractivity contribution in [1.82, 2.24) is 0 Å². The van der Waals surface area contributed by atoms with Gasteiger partial charge in [-0.3, -0.25) is 4.79 Å². The summed E-state index contributed by atoms with van der Waals surface area (Å²) in [5, 5.41) is 4.12. The molecule has 0 bridgehead atoms. The number of carbonyl (C=O) groups excluding carboxylic acids is 1. The Morgan fingerprint density at radius 1 is 1.13 bits per heavy atom. The van der Waals surface area contributed by atoms with Crippen LogP contribution in [0.15, 0.2) is 41.1 Å². The van der Waals surface area contributed by atoms with E-state index in [1.54, 1.807) is 11.3 Å². The van der Waals surface area contributed by atoms with Crippen molar-refractivity contribution in [2.45, 2.75) is 0 Å². The summed E-state index contributed by atoms with van der Waals surface area (Å²) in [7, 11) is 0. The molecule has 2 rings (SSSR count). The Morgan fingerprint density at radius 3 is 2.40 bits per heavy atom. The van der Waals surface area contributed by atoms with Gasteiger partial charge in [-0.25, -0.2) is 0 Å². The molecule has 1 aromatic carbocycles. The van der Waals surface area contributed by atoms with Crippen LogP contribution >= 0.6 is 11.3 Å². The number of nitrogens with two attached hydrogens (primary N) is 1. The van der Waals surface area contributed by atoms with Crippen LogP contribution in [0.4, 0.5) is 0 Å². The maximum atomic E-state index is 11.3. The van der Waals surface area contributed by atoms with E-state index in [4.69, 9.17) is 5.73 Å². The van der Waals surface area contributed by atoms with Crippen molar-refractivity contribution in [3.8, 4) is 11.1 Å². The lowest BCUT2D eigenvalue weighted by molar-refractivity contribution is 0.100. The SMILES string of the molecule is NCC(=O)c1ccc(-c2ccsc2)cc1. The number of carbonyl (C=O) groups is 1. The van der Waals surface area contributed by atoms with Gasteiger partial charge in [0.2, 0.25) is 0 Å². The minimum absolute atomic E-state index is 0.0214. The standard InChI is InChI=1S/C12H11NOS/c13-7-12(14)10-3-1-9(2-4-10)11-5-6-15-8-11/h1-6,8H,7,13H2. The zero-order valence-corrected chi connectivity index (χ0v) is 8.96. The molecule has 0 aliphatic heterocycles. The number of rotatable bonds is 3. The van der Waals surface area contributed by atoms with Crippen LogP contribution in [0.3, 0.4) is 0 Å². The van der Waals surface area contributed by atoms with Crippen molar-refractivity contribution in [3.63, 3.8) is 0 Å². The van der Waals surface area contributed by atoms with Gasteiger partial charge in [0.05, 0.1) is 6.54 Å². The fourth-order valence-electron chi connectivity index (χ4n) is 1.40. The molecule has 1 aromatic heterocycles. The molecule has 0 unspecified atom stereocenters. The molecule has 0 spiro atoms. The van der Waals surface area contributed by atoms with Crippen molar-refractivity contribution in [2.75, 3.05) is 6.54 Å². The second-order valence-corrected chi connectivity index (χ2v) is 4.00. The van der Waals surface area contributed by atoms with Crippen molar-refractivity contribution < 1.29 is 4.79 Å². The molecule has 76 valence electrons. The highest BCUT2D eigenvalue weighted by atomic mass is 32.1. The Hall–Kier alpha value is -1.45. The normalized spacial score (nSPS) is 10.2. The molecule has 1 heterocycles. The fraction of sp³-hybridized carbons (Fsp3) is 0.0833. The largest absolute Gasteiger partial charge is 0.324 e. The lowest BCUT2D eigenvalue weighted by atomic mass is 10.0. The minimum atomic E-state index is -0.0214. The van der Waals surface area contributed by atoms with E-state index in [1.165, 1.54) is 5.56 Å². The van der Waals surface area contributed by atoms with Gasteiger partial charge in [0, 0.05) is 5.56 Å². The first kappa shape index (κ1) is 10.1. The molecular formula is C12H11NOS. The molecule has 15 heavy (non-hydrogen) atoms. The average molecular weight is 217 g/mol. The number of hydrogen-bond acceptors (Lipinski definition) is 3. The highest BCUT2D eigenvalue weighted by molar-refractivity contribution is 7.08. The molecule has 2 nitrogen and oxygen atoms in total. The van der Waals surface area contributed by atoms with Crippen LogP contribution in [0, 0.1) is 0 Å². The second-order valence-electron chi connectivity index (χ2n) is 3.22. The van der Waals surface area contributed by atoms with Crippen molar-refractivity contribution in [1.29, 1.82) is 0 Å². The third kappa shape index (κ3) is 2.14. The average Bonchev–Trinajstić information content (AvgIpc) is 2.82. The third-order valence-corrected chi connectivity index (χ3v) is 2.93. The Labute approximate surface area is 92.4 Å². The van der Waals surface area contributed by atoms with Gasteiger partial charge in [0.15, 0.2) is 5.78 Å². The smallest absolute Gasteiger partial charge is 0.176 e. The first-order valence-electron chi connectivity index (χ1n) is 4.67. The molecule has 0 atom stereocenters. The molecule has 0 aliphatic rings. The Bertz CT molecular complexity index is 445. The molecule has 2 N–H and O–H groups in total. The van der Waals surface area contributed by atoms with Crippen molar-refractivity contribution in [3.05, 3.63) is 46.7 Å². The molecule has 0 aliphatic carbocycles. The van der Waals surface area contributed by atoms with Gasteiger partial charge < -0.3 is 5.73 Å². The van der Waals surface area contributed by atoms with Gasteiger partial charge >= 0.3 is 0 Å². The first-order valence-corrected chi connectivity index (χ1v) is 5.61. The topological polar surface area (TPSA) is 43.1 Å². The number of ketones is 1. The summed E-state index contributed by atoms with van der Waals surface area (Å²) in [6.07, 6.45) is 0. The van der Waals surface area contributed by atoms with Gasteiger partial charge in [-0.05, 0) is 28.0 Å². The monoisotopic (exact) mass is 217 g/mol. The van der Waals surface area contributed by atoms with Gasteiger partial charge in [0.25, 0.3) is 0 Å². The van der Waals surface area contributed by atoms with Crippen LogP contribution in [0.25, 0.3) is 11.1 Å². The number of thiophene rings is 1. The van der Waals surface area contributed by atoms with E-state index in [0.717, 1.165) is 5.56 Å². The van der Waals surface area contributed by atoms with Crippen molar-refractivity contribution in [2.24, 2.45) is 5.73 Å². The van der Waals surface area contributed by atoms with E-state index < -0.39 is 0 Å². The van der Waals surface area contributed by atoms with E-state index in [2.05, 4.69) is 11.4 Å². The molecule has 0 amide bonds. The van der Waals surface area contributed by atoms with Gasteiger partial charge in [-0.2, -0.15) is 11.3 Å². The summed E-state index contributed by atoms with van der Waals surface area (Å²) in [5.74, 6) is -0.0214. The first-order chi connectivity index (χ1) is 7.31. The van der Waals surface area contributed by atoms with Crippen LogP contribution < -0.4 is 5.73 Å². The lowest BCUT2D eigenvalue weighted by Crippen LogP contribution is -2.13. The summed E-state index contributed by atoms with van der Waals surface area (Å²) < 4.78 is 0. The number of Topliss-reactive ketones (excluding diaryl/α,β-unsaturated/α-hetero) is 1. The van der Waals surface area contributed by atoms with Crippen LogP contribution in [0.2, 0.25) is 0 Å². The van der Waals surface area contributed by atoms with Gasteiger partial charge in [-0.1, -0.05) is 24.3 Å². The molecule has 2 aromatic rings. The molecular weight excluding hydrogens is 206 g/mol. The van der Waals surface area contributed by atoms with Crippen LogP contribution in [0.1, 0.15) is 10.4 Å². The van der Waals surface area contributed by atoms with E-state index in [9.17, 15) is 4.79 Å². The number of hydrogen-bond donors (Lipinski definition) is 1. The van der Waals surface area contributed by atoms with Crippen molar-refractivity contribution >= 4 is 17.1 Å². The predicted octanol–water partition coefficient (Wildman–Crippen LogP) is 2.56. The summed E-state index contributed by atoms with van der Waals surface area (Å²) in [6, 6.07) is 9.60. The van der Waals surface area contributed by atoms with E-state index in [-0.39, 0.29) is 12.3 Å². The number of benzene rings is 1. The maximum absolute atomic E-state index is 11.3. The Morgan fingerprint density at radius 2 is 1.87 bits per heavy atom. The van der Waals surface area contributed by atoms with Gasteiger partial charge in [-0.15, -0.1) is 0 Å².